The normalized spacial score (nSPS) is 9.75. The van der Waals surface area contributed by atoms with Crippen LogP contribution in [-0.4, -0.2) is 10.8 Å². The van der Waals surface area contributed by atoms with Crippen LogP contribution in [0.1, 0.15) is 5.56 Å². The van der Waals surface area contributed by atoms with Crippen LogP contribution in [0.25, 0.3) is 0 Å². The van der Waals surface area contributed by atoms with Gasteiger partial charge < -0.3 is 0 Å². The molecule has 0 aliphatic carbocycles. The van der Waals surface area contributed by atoms with E-state index in [1.165, 1.54) is 6.07 Å². The van der Waals surface area contributed by atoms with Crippen molar-refractivity contribution in [2.45, 2.75) is 6.42 Å². The number of rotatable bonds is 3. The highest BCUT2D eigenvalue weighted by atomic mass is 35.5. The van der Waals surface area contributed by atoms with Gasteiger partial charge in [-0.2, -0.15) is 0 Å². The number of halogens is 1. The fraction of sp³-hybridized carbons (Fsp3) is 0.250. The van der Waals surface area contributed by atoms with Crippen LogP contribution in [0.2, 0.25) is 0 Å². The number of nitro groups is 1. The third kappa shape index (κ3) is 2.20. The molecule has 0 unspecified atom stereocenters. The Kier molecular flexibility index (Phi) is 3.05. The van der Waals surface area contributed by atoms with E-state index >= 15 is 0 Å². The molecular formula is C8H8ClNO2. The van der Waals surface area contributed by atoms with E-state index in [2.05, 4.69) is 0 Å². The van der Waals surface area contributed by atoms with Gasteiger partial charge in [-0.15, -0.1) is 11.6 Å². The van der Waals surface area contributed by atoms with Crippen molar-refractivity contribution in [1.29, 1.82) is 0 Å². The largest absolute Gasteiger partial charge is 0.269 e. The first kappa shape index (κ1) is 9.00. The van der Waals surface area contributed by atoms with Crippen LogP contribution in [0.15, 0.2) is 24.3 Å². The topological polar surface area (TPSA) is 43.1 Å². The molecule has 0 atom stereocenters. The van der Waals surface area contributed by atoms with Gasteiger partial charge in [-0.1, -0.05) is 12.1 Å². The smallest absolute Gasteiger partial charge is 0.258 e. The first-order chi connectivity index (χ1) is 5.74. The molecule has 0 N–H and O–H groups in total. The van der Waals surface area contributed by atoms with Gasteiger partial charge in [0.2, 0.25) is 0 Å². The zero-order chi connectivity index (χ0) is 8.97. The van der Waals surface area contributed by atoms with E-state index in [-0.39, 0.29) is 5.69 Å². The van der Waals surface area contributed by atoms with Gasteiger partial charge in [-0.05, 0) is 12.0 Å². The van der Waals surface area contributed by atoms with Crippen molar-refractivity contribution >= 4 is 17.3 Å². The molecule has 0 heterocycles. The van der Waals surface area contributed by atoms with Crippen LogP contribution in [-0.2, 0) is 6.42 Å². The minimum Gasteiger partial charge on any atom is -0.258 e. The fourth-order valence-electron chi connectivity index (χ4n) is 0.935. The number of non-ortho nitro benzene ring substituents is 1. The highest BCUT2D eigenvalue weighted by molar-refractivity contribution is 6.17. The molecule has 0 bridgehead atoms. The van der Waals surface area contributed by atoms with Crippen LogP contribution in [0.3, 0.4) is 0 Å². The lowest BCUT2D eigenvalue weighted by Gasteiger charge is -1.96. The number of benzene rings is 1. The van der Waals surface area contributed by atoms with E-state index in [4.69, 9.17) is 11.6 Å². The molecule has 0 saturated carbocycles. The molecule has 0 fully saturated rings. The SMILES string of the molecule is O=[N+]([O-])c1cccc(CCCl)c1. The van der Waals surface area contributed by atoms with E-state index in [0.29, 0.717) is 12.3 Å². The second-order valence-electron chi connectivity index (χ2n) is 2.37. The summed E-state index contributed by atoms with van der Waals surface area (Å²) in [5.41, 5.74) is 1.02. The van der Waals surface area contributed by atoms with Crippen molar-refractivity contribution in [2.24, 2.45) is 0 Å². The number of nitrogens with zero attached hydrogens (tertiary/aromatic N) is 1. The highest BCUT2D eigenvalue weighted by Crippen LogP contribution is 2.13. The van der Waals surface area contributed by atoms with Gasteiger partial charge in [-0.3, -0.25) is 10.1 Å². The summed E-state index contributed by atoms with van der Waals surface area (Å²) >= 11 is 5.50. The maximum atomic E-state index is 10.3. The monoisotopic (exact) mass is 185 g/mol. The minimum atomic E-state index is -0.405. The van der Waals surface area contributed by atoms with Gasteiger partial charge in [0.25, 0.3) is 5.69 Å². The zero-order valence-electron chi connectivity index (χ0n) is 6.37. The molecule has 0 amide bonds. The molecule has 0 saturated heterocycles. The Balaban J connectivity index is 2.88. The lowest BCUT2D eigenvalue weighted by Crippen LogP contribution is -1.90. The van der Waals surface area contributed by atoms with Crippen LogP contribution >= 0.6 is 11.6 Å². The Labute approximate surface area is 75.1 Å². The van der Waals surface area contributed by atoms with Crippen molar-refractivity contribution in [2.75, 3.05) is 5.88 Å². The van der Waals surface area contributed by atoms with Gasteiger partial charge in [0.1, 0.15) is 0 Å². The molecule has 1 rings (SSSR count). The molecule has 0 spiro atoms. The van der Waals surface area contributed by atoms with E-state index < -0.39 is 4.92 Å². The van der Waals surface area contributed by atoms with Crippen molar-refractivity contribution in [3.05, 3.63) is 39.9 Å². The first-order valence-electron chi connectivity index (χ1n) is 3.53. The summed E-state index contributed by atoms with van der Waals surface area (Å²) < 4.78 is 0. The summed E-state index contributed by atoms with van der Waals surface area (Å²) in [4.78, 5) is 9.92. The summed E-state index contributed by atoms with van der Waals surface area (Å²) in [6.07, 6.45) is 0.670. The number of aryl methyl sites for hydroxylation is 1. The van der Waals surface area contributed by atoms with Crippen molar-refractivity contribution in [1.82, 2.24) is 0 Å². The second-order valence-corrected chi connectivity index (χ2v) is 2.74. The molecule has 64 valence electrons. The first-order valence-corrected chi connectivity index (χ1v) is 4.07. The van der Waals surface area contributed by atoms with Crippen LogP contribution in [0, 0.1) is 10.1 Å². The third-order valence-electron chi connectivity index (χ3n) is 1.50. The molecular weight excluding hydrogens is 178 g/mol. The molecule has 0 radical (unpaired) electrons. The Morgan fingerprint density at radius 1 is 1.50 bits per heavy atom. The predicted octanol–water partition coefficient (Wildman–Crippen LogP) is 2.38. The quantitative estimate of drug-likeness (QED) is 0.412. The summed E-state index contributed by atoms with van der Waals surface area (Å²) in [6.45, 7) is 0. The van der Waals surface area contributed by atoms with Crippen molar-refractivity contribution in [3.8, 4) is 0 Å². The summed E-state index contributed by atoms with van der Waals surface area (Å²) in [5.74, 6) is 0.487. The van der Waals surface area contributed by atoms with E-state index in [1.54, 1.807) is 12.1 Å². The molecule has 3 nitrogen and oxygen atoms in total. The Bertz CT molecular complexity index is 288. The van der Waals surface area contributed by atoms with E-state index in [0.717, 1.165) is 5.56 Å². The average Bonchev–Trinajstić information content (AvgIpc) is 2.05. The predicted molar refractivity (Wildman–Crippen MR) is 47.5 cm³/mol. The van der Waals surface area contributed by atoms with Gasteiger partial charge >= 0.3 is 0 Å². The minimum absolute atomic E-state index is 0.123. The van der Waals surface area contributed by atoms with E-state index in [1.807, 2.05) is 6.07 Å². The van der Waals surface area contributed by atoms with Crippen molar-refractivity contribution in [3.63, 3.8) is 0 Å². The standard InChI is InChI=1S/C8H8ClNO2/c9-5-4-7-2-1-3-8(6-7)10(11)12/h1-3,6H,4-5H2. The second kappa shape index (κ2) is 4.07. The maximum Gasteiger partial charge on any atom is 0.269 e. The van der Waals surface area contributed by atoms with E-state index in [9.17, 15) is 10.1 Å². The zero-order valence-corrected chi connectivity index (χ0v) is 7.12. The lowest BCUT2D eigenvalue weighted by molar-refractivity contribution is -0.384. The number of hydrogen-bond acceptors (Lipinski definition) is 2. The Morgan fingerprint density at radius 2 is 2.25 bits per heavy atom. The molecule has 0 aliphatic rings. The van der Waals surface area contributed by atoms with Crippen LogP contribution in [0.4, 0.5) is 5.69 Å². The number of alkyl halides is 1. The summed E-state index contributed by atoms with van der Waals surface area (Å²) in [7, 11) is 0. The molecule has 4 heteroatoms. The average molecular weight is 186 g/mol. The molecule has 1 aromatic carbocycles. The summed E-state index contributed by atoms with van der Waals surface area (Å²) in [6, 6.07) is 6.51. The Hall–Kier alpha value is -1.09. The maximum absolute atomic E-state index is 10.3. The van der Waals surface area contributed by atoms with Gasteiger partial charge in [0.15, 0.2) is 0 Å². The third-order valence-corrected chi connectivity index (χ3v) is 1.69. The van der Waals surface area contributed by atoms with Gasteiger partial charge in [0.05, 0.1) is 4.92 Å². The Morgan fingerprint density at radius 3 is 2.83 bits per heavy atom. The molecule has 0 aromatic heterocycles. The molecule has 0 aliphatic heterocycles. The van der Waals surface area contributed by atoms with Gasteiger partial charge in [-0.25, -0.2) is 0 Å². The molecule has 12 heavy (non-hydrogen) atoms. The lowest BCUT2D eigenvalue weighted by atomic mass is 10.1. The van der Waals surface area contributed by atoms with Crippen LogP contribution < -0.4 is 0 Å². The highest BCUT2D eigenvalue weighted by Gasteiger charge is 2.04. The van der Waals surface area contributed by atoms with Gasteiger partial charge in [0, 0.05) is 18.0 Å². The number of hydrogen-bond donors (Lipinski definition) is 0. The molecule has 1 aromatic rings. The number of nitro benzene ring substituents is 1. The fourth-order valence-corrected chi connectivity index (χ4v) is 1.15. The summed E-state index contributed by atoms with van der Waals surface area (Å²) in [5, 5.41) is 10.3. The van der Waals surface area contributed by atoms with Crippen LogP contribution in [0.5, 0.6) is 0 Å². The van der Waals surface area contributed by atoms with Crippen molar-refractivity contribution < 1.29 is 4.92 Å².